The topological polar surface area (TPSA) is 38.9 Å². The Balaban J connectivity index is 2.13. The smallest absolute Gasteiger partial charge is 0.0931 e. The molecule has 0 amide bonds. The lowest BCUT2D eigenvalue weighted by molar-refractivity contribution is 0.724. The quantitative estimate of drug-likeness (QED) is 0.735. The van der Waals surface area contributed by atoms with Crippen LogP contribution in [0.5, 0.6) is 0 Å². The zero-order valence-electron chi connectivity index (χ0n) is 9.32. The minimum absolute atomic E-state index is 0.715. The molecule has 0 unspecified atom stereocenters. The van der Waals surface area contributed by atoms with Crippen molar-refractivity contribution in [3.63, 3.8) is 0 Å². The second kappa shape index (κ2) is 3.78. The largest absolute Gasteiger partial charge is 0.397 e. The Morgan fingerprint density at radius 2 is 2.00 bits per heavy atom. The van der Waals surface area contributed by atoms with Crippen molar-refractivity contribution in [2.75, 3.05) is 5.73 Å². The first-order valence-corrected chi connectivity index (χ1v) is 5.99. The molecule has 1 aromatic carbocycles. The van der Waals surface area contributed by atoms with E-state index in [1.807, 2.05) is 6.07 Å². The van der Waals surface area contributed by atoms with Crippen molar-refractivity contribution >= 4 is 16.6 Å². The van der Waals surface area contributed by atoms with Crippen molar-refractivity contribution in [1.82, 2.24) is 4.98 Å². The predicted octanol–water partition coefficient (Wildman–Crippen LogP) is 3.47. The van der Waals surface area contributed by atoms with E-state index >= 15 is 0 Å². The van der Waals surface area contributed by atoms with Crippen LogP contribution in [0.15, 0.2) is 30.5 Å². The lowest BCUT2D eigenvalue weighted by atomic mass is 9.95. The fourth-order valence-electron chi connectivity index (χ4n) is 2.74. The highest BCUT2D eigenvalue weighted by Crippen LogP contribution is 2.36. The van der Waals surface area contributed by atoms with Gasteiger partial charge in [0, 0.05) is 11.6 Å². The van der Waals surface area contributed by atoms with Crippen molar-refractivity contribution < 1.29 is 0 Å². The third-order valence-corrected chi connectivity index (χ3v) is 3.58. The van der Waals surface area contributed by atoms with Gasteiger partial charge in [0.2, 0.25) is 0 Å². The van der Waals surface area contributed by atoms with Crippen LogP contribution < -0.4 is 5.73 Å². The highest BCUT2D eigenvalue weighted by atomic mass is 14.7. The van der Waals surface area contributed by atoms with Gasteiger partial charge in [-0.3, -0.25) is 4.98 Å². The van der Waals surface area contributed by atoms with E-state index in [0.29, 0.717) is 5.92 Å². The number of pyridine rings is 1. The number of benzene rings is 1. The van der Waals surface area contributed by atoms with E-state index in [9.17, 15) is 0 Å². The van der Waals surface area contributed by atoms with Gasteiger partial charge < -0.3 is 5.73 Å². The minimum atomic E-state index is 0.715. The summed E-state index contributed by atoms with van der Waals surface area (Å²) in [6, 6.07) is 8.44. The monoisotopic (exact) mass is 212 g/mol. The molecule has 1 aromatic heterocycles. The number of nitrogens with zero attached hydrogens (tertiary/aromatic N) is 1. The Kier molecular flexibility index (Phi) is 2.28. The lowest BCUT2D eigenvalue weighted by Gasteiger charge is -2.11. The number of nitrogens with two attached hydrogens (primary N) is 1. The zero-order valence-corrected chi connectivity index (χ0v) is 9.32. The van der Waals surface area contributed by atoms with E-state index in [0.717, 1.165) is 11.2 Å². The van der Waals surface area contributed by atoms with E-state index in [1.165, 1.54) is 36.6 Å². The third kappa shape index (κ3) is 1.54. The molecule has 0 aliphatic heterocycles. The first kappa shape index (κ1) is 9.64. The van der Waals surface area contributed by atoms with E-state index in [1.54, 1.807) is 6.20 Å². The summed E-state index contributed by atoms with van der Waals surface area (Å²) in [6.07, 6.45) is 7.13. The average molecular weight is 212 g/mol. The second-order valence-corrected chi connectivity index (χ2v) is 4.67. The molecule has 82 valence electrons. The number of fused-ring (bicyclic) bond motifs is 1. The fraction of sp³-hybridized carbons (Fsp3) is 0.357. The molecule has 16 heavy (non-hydrogen) atoms. The molecule has 3 rings (SSSR count). The molecule has 1 heterocycles. The second-order valence-electron chi connectivity index (χ2n) is 4.67. The van der Waals surface area contributed by atoms with Crippen LogP contribution in [0.3, 0.4) is 0 Å². The number of hydrogen-bond acceptors (Lipinski definition) is 2. The van der Waals surface area contributed by atoms with E-state index in [-0.39, 0.29) is 0 Å². The van der Waals surface area contributed by atoms with Gasteiger partial charge in [0.25, 0.3) is 0 Å². The highest BCUT2D eigenvalue weighted by Gasteiger charge is 2.18. The standard InChI is InChI=1S/C14H16N2/c15-13-9-12(10-4-1-2-5-10)8-11-6-3-7-16-14(11)13/h3,6-10H,1-2,4-5,15H2. The first-order valence-electron chi connectivity index (χ1n) is 5.99. The van der Waals surface area contributed by atoms with Crippen molar-refractivity contribution in [2.45, 2.75) is 31.6 Å². The van der Waals surface area contributed by atoms with Gasteiger partial charge in [-0.15, -0.1) is 0 Å². The van der Waals surface area contributed by atoms with Crippen molar-refractivity contribution in [1.29, 1.82) is 0 Å². The number of anilines is 1. The third-order valence-electron chi connectivity index (χ3n) is 3.58. The van der Waals surface area contributed by atoms with Gasteiger partial charge in [-0.2, -0.15) is 0 Å². The molecule has 2 nitrogen and oxygen atoms in total. The molecule has 2 aromatic rings. The van der Waals surface area contributed by atoms with Gasteiger partial charge >= 0.3 is 0 Å². The molecular weight excluding hydrogens is 196 g/mol. The summed E-state index contributed by atoms with van der Waals surface area (Å²) >= 11 is 0. The Morgan fingerprint density at radius 1 is 1.19 bits per heavy atom. The summed E-state index contributed by atoms with van der Waals surface area (Å²) in [5, 5.41) is 1.17. The molecule has 1 aliphatic carbocycles. The average Bonchev–Trinajstić information content (AvgIpc) is 2.82. The Labute approximate surface area is 95.5 Å². The lowest BCUT2D eigenvalue weighted by Crippen LogP contribution is -1.96. The van der Waals surface area contributed by atoms with Crippen molar-refractivity contribution in [3.8, 4) is 0 Å². The number of hydrogen-bond donors (Lipinski definition) is 1. The molecule has 0 bridgehead atoms. The fourth-order valence-corrected chi connectivity index (χ4v) is 2.74. The molecular formula is C14H16N2. The molecule has 0 saturated heterocycles. The molecule has 2 N–H and O–H groups in total. The zero-order chi connectivity index (χ0) is 11.0. The minimum Gasteiger partial charge on any atom is -0.397 e. The predicted molar refractivity (Wildman–Crippen MR) is 67.4 cm³/mol. The van der Waals surface area contributed by atoms with Crippen molar-refractivity contribution in [3.05, 3.63) is 36.0 Å². The maximum Gasteiger partial charge on any atom is 0.0931 e. The van der Waals surface area contributed by atoms with Crippen LogP contribution in [0.1, 0.15) is 37.2 Å². The van der Waals surface area contributed by atoms with Gasteiger partial charge in [-0.05, 0) is 42.5 Å². The van der Waals surface area contributed by atoms with Crippen LogP contribution in [0.4, 0.5) is 5.69 Å². The molecule has 2 heteroatoms. The maximum atomic E-state index is 6.06. The normalized spacial score (nSPS) is 17.0. The van der Waals surface area contributed by atoms with E-state index in [4.69, 9.17) is 5.73 Å². The van der Waals surface area contributed by atoms with E-state index in [2.05, 4.69) is 23.2 Å². The Bertz CT molecular complexity index is 513. The molecule has 0 spiro atoms. The summed E-state index contributed by atoms with van der Waals surface area (Å²) < 4.78 is 0. The first-order chi connectivity index (χ1) is 7.84. The van der Waals surface area contributed by atoms with Gasteiger partial charge in [0.15, 0.2) is 0 Å². The van der Waals surface area contributed by atoms with Gasteiger partial charge in [0.1, 0.15) is 0 Å². The number of aromatic nitrogens is 1. The highest BCUT2D eigenvalue weighted by molar-refractivity contribution is 5.89. The Morgan fingerprint density at radius 3 is 2.81 bits per heavy atom. The molecule has 1 aliphatic rings. The summed E-state index contributed by atoms with van der Waals surface area (Å²) in [4.78, 5) is 4.32. The van der Waals surface area contributed by atoms with Gasteiger partial charge in [-0.1, -0.05) is 18.9 Å². The maximum absolute atomic E-state index is 6.06. The summed E-state index contributed by atoms with van der Waals surface area (Å²) in [6.45, 7) is 0. The van der Waals surface area contributed by atoms with Crippen LogP contribution in [-0.4, -0.2) is 4.98 Å². The summed E-state index contributed by atoms with van der Waals surface area (Å²) in [5.41, 5.74) is 9.21. The molecule has 0 atom stereocenters. The van der Waals surface area contributed by atoms with Crippen LogP contribution in [-0.2, 0) is 0 Å². The van der Waals surface area contributed by atoms with Gasteiger partial charge in [-0.25, -0.2) is 0 Å². The number of rotatable bonds is 1. The summed E-state index contributed by atoms with van der Waals surface area (Å²) in [7, 11) is 0. The molecule has 0 radical (unpaired) electrons. The SMILES string of the molecule is Nc1cc(C2CCCC2)cc2cccnc12. The van der Waals surface area contributed by atoms with Crippen LogP contribution >= 0.6 is 0 Å². The molecule has 1 saturated carbocycles. The summed E-state index contributed by atoms with van der Waals surface area (Å²) in [5.74, 6) is 0.715. The van der Waals surface area contributed by atoms with E-state index < -0.39 is 0 Å². The van der Waals surface area contributed by atoms with Crippen LogP contribution in [0, 0.1) is 0 Å². The van der Waals surface area contributed by atoms with Crippen molar-refractivity contribution in [2.24, 2.45) is 0 Å². The number of nitrogen functional groups attached to an aromatic ring is 1. The van der Waals surface area contributed by atoms with Crippen LogP contribution in [0.2, 0.25) is 0 Å². The Hall–Kier alpha value is -1.57. The van der Waals surface area contributed by atoms with Gasteiger partial charge in [0.05, 0.1) is 11.2 Å². The molecule has 1 fully saturated rings. The van der Waals surface area contributed by atoms with Crippen LogP contribution in [0.25, 0.3) is 10.9 Å².